The van der Waals surface area contributed by atoms with Crippen molar-refractivity contribution in [2.75, 3.05) is 0 Å². The summed E-state index contributed by atoms with van der Waals surface area (Å²) in [6.07, 6.45) is 0. The fourth-order valence-corrected chi connectivity index (χ4v) is 0.555. The fraction of sp³-hybridized carbons (Fsp3) is 0. The molecule has 0 aromatic heterocycles. The molecule has 2 nitrogen and oxygen atoms in total. The van der Waals surface area contributed by atoms with Crippen molar-refractivity contribution in [3.05, 3.63) is 30.3 Å². The second-order valence-corrected chi connectivity index (χ2v) is 1.53. The van der Waals surface area contributed by atoms with Crippen LogP contribution in [0.3, 0.4) is 0 Å². The fourth-order valence-electron chi connectivity index (χ4n) is 0.555. The summed E-state index contributed by atoms with van der Waals surface area (Å²) >= 11 is 0. The van der Waals surface area contributed by atoms with Crippen LogP contribution in [0.2, 0.25) is 0 Å². The van der Waals surface area contributed by atoms with Crippen molar-refractivity contribution >= 4 is 6.47 Å². The van der Waals surface area contributed by atoms with Crippen molar-refractivity contribution < 1.29 is 62.3 Å². The Balaban J connectivity index is 0. The number of carbonyl (C=O) groups is 1. The van der Waals surface area contributed by atoms with Gasteiger partial charge in [-0.05, 0) is 12.1 Å². The van der Waals surface area contributed by atoms with Gasteiger partial charge in [-0.1, -0.05) is 18.2 Å². The Morgan fingerprint density at radius 1 is 1.30 bits per heavy atom. The molecule has 1 aromatic rings. The van der Waals surface area contributed by atoms with Gasteiger partial charge in [0.25, 0.3) is 6.47 Å². The van der Waals surface area contributed by atoms with Gasteiger partial charge in [-0.3, -0.25) is 4.79 Å². The summed E-state index contributed by atoms with van der Waals surface area (Å²) in [5.74, 6) is 0.576. The molecule has 0 saturated heterocycles. The summed E-state index contributed by atoms with van der Waals surface area (Å²) < 4.78 is 4.53. The first-order chi connectivity index (χ1) is 4.43. The molecule has 0 unspecified atom stereocenters. The maximum absolute atomic E-state index is 9.75. The molecule has 48 valence electrons. The van der Waals surface area contributed by atoms with Gasteiger partial charge in [0.2, 0.25) is 0 Å². The molecule has 0 aliphatic rings. The van der Waals surface area contributed by atoms with Crippen molar-refractivity contribution in [1.29, 1.82) is 0 Å². The molecular formula is C7H7KO2. The number of carbonyl (C=O) groups excluding carboxylic acids is 1. The third-order valence-electron chi connectivity index (χ3n) is 0.927. The molecule has 1 rings (SSSR count). The van der Waals surface area contributed by atoms with Crippen LogP contribution in [0.4, 0.5) is 0 Å². The molecule has 0 bridgehead atoms. The van der Waals surface area contributed by atoms with Crippen molar-refractivity contribution in [2.24, 2.45) is 0 Å². The van der Waals surface area contributed by atoms with Gasteiger partial charge in [-0.2, -0.15) is 0 Å². The van der Waals surface area contributed by atoms with Crippen molar-refractivity contribution in [1.82, 2.24) is 0 Å². The minimum absolute atomic E-state index is 0. The van der Waals surface area contributed by atoms with E-state index in [1.165, 1.54) is 0 Å². The topological polar surface area (TPSA) is 26.3 Å². The summed E-state index contributed by atoms with van der Waals surface area (Å²) in [6, 6.07) is 8.90. The normalized spacial score (nSPS) is 7.60. The molecule has 0 heterocycles. The van der Waals surface area contributed by atoms with E-state index >= 15 is 0 Å². The van der Waals surface area contributed by atoms with Gasteiger partial charge < -0.3 is 6.16 Å². The third kappa shape index (κ3) is 3.48. The van der Waals surface area contributed by atoms with Gasteiger partial charge in [0, 0.05) is 0 Å². The number of hydrogen-bond donors (Lipinski definition) is 0. The molecule has 0 saturated carbocycles. The Morgan fingerprint density at radius 2 is 1.90 bits per heavy atom. The van der Waals surface area contributed by atoms with Crippen LogP contribution < -0.4 is 56.1 Å². The van der Waals surface area contributed by atoms with Gasteiger partial charge in [0.15, 0.2) is 0 Å². The predicted molar refractivity (Wildman–Crippen MR) is 34.2 cm³/mol. The van der Waals surface area contributed by atoms with E-state index in [1.54, 1.807) is 24.3 Å². The molecular weight excluding hydrogens is 155 g/mol. The second kappa shape index (κ2) is 6.06. The molecule has 0 amide bonds. The van der Waals surface area contributed by atoms with Crippen LogP contribution in [-0.4, -0.2) is 6.47 Å². The largest absolute Gasteiger partial charge is 1.00 e. The number of rotatable bonds is 2. The van der Waals surface area contributed by atoms with Crippen LogP contribution in [-0.2, 0) is 4.79 Å². The minimum atomic E-state index is 0. The van der Waals surface area contributed by atoms with E-state index in [0.717, 1.165) is 0 Å². The predicted octanol–water partition coefficient (Wildman–Crippen LogP) is -1.66. The van der Waals surface area contributed by atoms with Crippen LogP contribution in [0, 0.1) is 0 Å². The molecule has 10 heavy (non-hydrogen) atoms. The average molecular weight is 162 g/mol. The number of benzene rings is 1. The van der Waals surface area contributed by atoms with Gasteiger partial charge in [-0.15, -0.1) is 0 Å². The first-order valence-corrected chi connectivity index (χ1v) is 2.59. The molecule has 3 heteroatoms. The number of ether oxygens (including phenoxy) is 1. The van der Waals surface area contributed by atoms with Gasteiger partial charge in [-0.25, -0.2) is 0 Å². The van der Waals surface area contributed by atoms with E-state index < -0.39 is 0 Å². The summed E-state index contributed by atoms with van der Waals surface area (Å²) in [5, 5.41) is 0. The molecule has 1 aromatic carbocycles. The van der Waals surface area contributed by atoms with E-state index in [4.69, 9.17) is 0 Å². The van der Waals surface area contributed by atoms with E-state index in [-0.39, 0.29) is 52.8 Å². The van der Waals surface area contributed by atoms with Crippen molar-refractivity contribution in [3.63, 3.8) is 0 Å². The molecule has 0 radical (unpaired) electrons. The van der Waals surface area contributed by atoms with Crippen LogP contribution in [0.5, 0.6) is 5.75 Å². The standard InChI is InChI=1S/C7H6O2.K.H/c8-6-9-7-4-2-1-3-5-7;;/h1-6H;;/q;+1;-1. The Bertz CT molecular complexity index is 191. The molecule has 0 spiro atoms. The average Bonchev–Trinajstić information content (AvgIpc) is 1.91. The summed E-state index contributed by atoms with van der Waals surface area (Å²) in [4.78, 5) is 9.75. The Labute approximate surface area is 103 Å². The van der Waals surface area contributed by atoms with E-state index in [9.17, 15) is 4.79 Å². The summed E-state index contributed by atoms with van der Waals surface area (Å²) in [7, 11) is 0. The van der Waals surface area contributed by atoms with E-state index in [0.29, 0.717) is 12.2 Å². The zero-order valence-corrected chi connectivity index (χ0v) is 8.90. The van der Waals surface area contributed by atoms with Gasteiger partial charge in [0.05, 0.1) is 0 Å². The summed E-state index contributed by atoms with van der Waals surface area (Å²) in [6.45, 7) is 0.412. The van der Waals surface area contributed by atoms with Crippen LogP contribution in [0.25, 0.3) is 0 Å². The van der Waals surface area contributed by atoms with Crippen LogP contribution in [0.1, 0.15) is 1.43 Å². The molecule has 0 aliphatic carbocycles. The monoisotopic (exact) mass is 162 g/mol. The quantitative estimate of drug-likeness (QED) is 0.384. The van der Waals surface area contributed by atoms with Crippen LogP contribution in [0.15, 0.2) is 30.3 Å². The van der Waals surface area contributed by atoms with Gasteiger partial charge >= 0.3 is 51.4 Å². The second-order valence-electron chi connectivity index (χ2n) is 1.53. The smallest absolute Gasteiger partial charge is 1.00 e. The first kappa shape index (κ1) is 10.3. The van der Waals surface area contributed by atoms with Crippen molar-refractivity contribution in [3.8, 4) is 5.75 Å². The zero-order valence-electron chi connectivity index (χ0n) is 6.78. The van der Waals surface area contributed by atoms with E-state index in [2.05, 4.69) is 4.74 Å². The summed E-state index contributed by atoms with van der Waals surface area (Å²) in [5.41, 5.74) is 0. The maximum atomic E-state index is 9.75. The maximum Gasteiger partial charge on any atom is 1.00 e. The van der Waals surface area contributed by atoms with E-state index in [1.807, 2.05) is 6.07 Å². The zero-order chi connectivity index (χ0) is 6.53. The molecule has 0 aliphatic heterocycles. The Kier molecular flexibility index (Phi) is 6.26. The molecule has 0 fully saturated rings. The SMILES string of the molecule is O=COc1ccccc1.[H-].[K+]. The Morgan fingerprint density at radius 3 is 2.40 bits per heavy atom. The number of para-hydroxylation sites is 1. The third-order valence-corrected chi connectivity index (χ3v) is 0.927. The van der Waals surface area contributed by atoms with Gasteiger partial charge in [0.1, 0.15) is 5.75 Å². The number of hydrogen-bond acceptors (Lipinski definition) is 2. The Hall–Kier alpha value is 0.326. The first-order valence-electron chi connectivity index (χ1n) is 2.59. The van der Waals surface area contributed by atoms with Crippen molar-refractivity contribution in [2.45, 2.75) is 0 Å². The molecule has 0 N–H and O–H groups in total. The minimum Gasteiger partial charge on any atom is -1.00 e. The van der Waals surface area contributed by atoms with Crippen LogP contribution >= 0.6 is 0 Å². The molecule has 0 atom stereocenters.